The highest BCUT2D eigenvalue weighted by Gasteiger charge is 2.28. The summed E-state index contributed by atoms with van der Waals surface area (Å²) < 4.78 is 16.2. The van der Waals surface area contributed by atoms with Gasteiger partial charge in [-0.1, -0.05) is 24.3 Å². The fraction of sp³-hybridized carbons (Fsp3) is 0.391. The zero-order chi connectivity index (χ0) is 21.6. The average Bonchev–Trinajstić information content (AvgIpc) is 2.82. The van der Waals surface area contributed by atoms with Crippen LogP contribution in [0.15, 0.2) is 48.5 Å². The molecule has 2 amide bonds. The Balaban J connectivity index is 1.44. The van der Waals surface area contributed by atoms with Gasteiger partial charge in [0.25, 0.3) is 5.91 Å². The molecule has 164 valence electrons. The maximum absolute atomic E-state index is 12.8. The highest BCUT2D eigenvalue weighted by molar-refractivity contribution is 6.02. The predicted molar refractivity (Wildman–Crippen MR) is 115 cm³/mol. The first-order valence-electron chi connectivity index (χ1n) is 10.4. The second kappa shape index (κ2) is 9.80. The van der Waals surface area contributed by atoms with Crippen LogP contribution in [0.2, 0.25) is 0 Å². The molecule has 2 aromatic rings. The number of rotatable bonds is 7. The van der Waals surface area contributed by atoms with Gasteiger partial charge in [0.05, 0.1) is 32.1 Å². The van der Waals surface area contributed by atoms with E-state index in [1.165, 1.54) is 4.90 Å². The third kappa shape index (κ3) is 4.98. The quantitative estimate of drug-likeness (QED) is 0.726. The number of nitrogens with zero attached hydrogens (tertiary/aromatic N) is 2. The van der Waals surface area contributed by atoms with Crippen LogP contribution in [0, 0.1) is 0 Å². The van der Waals surface area contributed by atoms with Crippen molar-refractivity contribution in [1.82, 2.24) is 10.2 Å². The summed E-state index contributed by atoms with van der Waals surface area (Å²) in [4.78, 5) is 28.9. The number of anilines is 1. The SMILES string of the molecule is COc1ccc([C@H](CNC(=O)CN2C(=O)COc3ccccc32)N2CCOCC2)cc1. The Kier molecular flexibility index (Phi) is 6.69. The van der Waals surface area contributed by atoms with Gasteiger partial charge in [-0.3, -0.25) is 19.4 Å². The molecule has 31 heavy (non-hydrogen) atoms. The maximum Gasteiger partial charge on any atom is 0.265 e. The van der Waals surface area contributed by atoms with E-state index in [0.717, 1.165) is 24.4 Å². The summed E-state index contributed by atoms with van der Waals surface area (Å²) in [5.74, 6) is 0.961. The summed E-state index contributed by atoms with van der Waals surface area (Å²) >= 11 is 0. The lowest BCUT2D eigenvalue weighted by Gasteiger charge is -2.35. The number of morpholine rings is 1. The largest absolute Gasteiger partial charge is 0.497 e. The van der Waals surface area contributed by atoms with Crippen LogP contribution in [0.25, 0.3) is 0 Å². The standard InChI is InChI=1S/C23H27N3O5/c1-29-18-8-6-17(7-9-18)20(25-10-12-30-13-11-25)14-24-22(27)15-26-19-4-2-3-5-21(19)31-16-23(26)28/h2-9,20H,10-16H2,1H3,(H,24,27)/t20-/m0/s1. The summed E-state index contributed by atoms with van der Waals surface area (Å²) in [5.41, 5.74) is 1.71. The summed E-state index contributed by atoms with van der Waals surface area (Å²) in [5, 5.41) is 3.02. The molecule has 0 saturated carbocycles. The first-order valence-corrected chi connectivity index (χ1v) is 10.4. The summed E-state index contributed by atoms with van der Waals surface area (Å²) in [7, 11) is 1.64. The molecule has 1 saturated heterocycles. The number of nitrogens with one attached hydrogen (secondary N) is 1. The van der Waals surface area contributed by atoms with Crippen molar-refractivity contribution in [3.8, 4) is 11.5 Å². The minimum atomic E-state index is -0.228. The molecule has 2 heterocycles. The molecular formula is C23H27N3O5. The van der Waals surface area contributed by atoms with Gasteiger partial charge in [-0.25, -0.2) is 0 Å². The number of carbonyl (C=O) groups excluding carboxylic acids is 2. The molecule has 0 aromatic heterocycles. The number of hydrogen-bond acceptors (Lipinski definition) is 6. The summed E-state index contributed by atoms with van der Waals surface area (Å²) in [6.45, 7) is 3.25. The van der Waals surface area contributed by atoms with Crippen LogP contribution in [0.5, 0.6) is 11.5 Å². The molecule has 0 spiro atoms. The van der Waals surface area contributed by atoms with Crippen LogP contribution >= 0.6 is 0 Å². The van der Waals surface area contributed by atoms with E-state index in [0.29, 0.717) is 31.2 Å². The summed E-state index contributed by atoms with van der Waals surface area (Å²) in [6, 6.07) is 15.1. The zero-order valence-corrected chi connectivity index (χ0v) is 17.6. The normalized spacial score (nSPS) is 17.5. The number of fused-ring (bicyclic) bond motifs is 1. The first-order chi connectivity index (χ1) is 15.2. The number of amides is 2. The fourth-order valence-electron chi connectivity index (χ4n) is 3.91. The van der Waals surface area contributed by atoms with Crippen molar-refractivity contribution < 1.29 is 23.8 Å². The molecule has 1 atom stereocenters. The molecule has 0 unspecified atom stereocenters. The highest BCUT2D eigenvalue weighted by atomic mass is 16.5. The zero-order valence-electron chi connectivity index (χ0n) is 17.6. The number of para-hydroxylation sites is 2. The van der Waals surface area contributed by atoms with Crippen molar-refractivity contribution in [2.75, 3.05) is 58.0 Å². The molecule has 8 heteroatoms. The minimum absolute atomic E-state index is 0.00596. The van der Waals surface area contributed by atoms with Gasteiger partial charge in [0, 0.05) is 19.6 Å². The van der Waals surface area contributed by atoms with E-state index < -0.39 is 0 Å². The van der Waals surface area contributed by atoms with E-state index in [1.807, 2.05) is 36.4 Å². The van der Waals surface area contributed by atoms with Crippen LogP contribution in [0.4, 0.5) is 5.69 Å². The van der Waals surface area contributed by atoms with Crippen molar-refractivity contribution in [2.24, 2.45) is 0 Å². The Bertz CT molecular complexity index is 912. The molecule has 0 bridgehead atoms. The van der Waals surface area contributed by atoms with E-state index in [-0.39, 0.29) is 31.0 Å². The lowest BCUT2D eigenvalue weighted by Crippen LogP contribution is -2.48. The second-order valence-electron chi connectivity index (χ2n) is 7.48. The van der Waals surface area contributed by atoms with E-state index in [4.69, 9.17) is 14.2 Å². The van der Waals surface area contributed by atoms with Crippen LogP contribution in [-0.4, -0.2) is 69.8 Å². The molecule has 2 aliphatic heterocycles. The lowest BCUT2D eigenvalue weighted by atomic mass is 10.0. The number of benzene rings is 2. The Morgan fingerprint density at radius 3 is 2.61 bits per heavy atom. The van der Waals surface area contributed by atoms with Crippen molar-refractivity contribution in [3.63, 3.8) is 0 Å². The molecular weight excluding hydrogens is 398 g/mol. The van der Waals surface area contributed by atoms with Crippen LogP contribution in [0.1, 0.15) is 11.6 Å². The minimum Gasteiger partial charge on any atom is -0.497 e. The van der Waals surface area contributed by atoms with E-state index in [9.17, 15) is 9.59 Å². The van der Waals surface area contributed by atoms with Crippen LogP contribution < -0.4 is 19.7 Å². The molecule has 1 fully saturated rings. The van der Waals surface area contributed by atoms with Crippen LogP contribution in [0.3, 0.4) is 0 Å². The van der Waals surface area contributed by atoms with Gasteiger partial charge < -0.3 is 19.5 Å². The number of ether oxygens (including phenoxy) is 3. The molecule has 8 nitrogen and oxygen atoms in total. The number of methoxy groups -OCH3 is 1. The highest BCUT2D eigenvalue weighted by Crippen LogP contribution is 2.31. The smallest absolute Gasteiger partial charge is 0.265 e. The maximum atomic E-state index is 12.8. The fourth-order valence-corrected chi connectivity index (χ4v) is 3.91. The van der Waals surface area contributed by atoms with E-state index >= 15 is 0 Å². The van der Waals surface area contributed by atoms with Crippen molar-refractivity contribution >= 4 is 17.5 Å². The van der Waals surface area contributed by atoms with Gasteiger partial charge in [0.15, 0.2) is 6.61 Å². The Morgan fingerprint density at radius 1 is 1.13 bits per heavy atom. The Labute approximate surface area is 181 Å². The van der Waals surface area contributed by atoms with Gasteiger partial charge in [0.1, 0.15) is 18.0 Å². The monoisotopic (exact) mass is 425 g/mol. The van der Waals surface area contributed by atoms with Crippen LogP contribution in [-0.2, 0) is 14.3 Å². The van der Waals surface area contributed by atoms with Gasteiger partial charge in [0.2, 0.25) is 5.91 Å². The van der Waals surface area contributed by atoms with Gasteiger partial charge in [-0.2, -0.15) is 0 Å². The second-order valence-corrected chi connectivity index (χ2v) is 7.48. The number of hydrogen-bond donors (Lipinski definition) is 1. The third-order valence-corrected chi connectivity index (χ3v) is 5.59. The van der Waals surface area contributed by atoms with Gasteiger partial charge in [-0.05, 0) is 29.8 Å². The molecule has 0 aliphatic carbocycles. The summed E-state index contributed by atoms with van der Waals surface area (Å²) in [6.07, 6.45) is 0. The van der Waals surface area contributed by atoms with Crippen molar-refractivity contribution in [2.45, 2.75) is 6.04 Å². The average molecular weight is 425 g/mol. The molecule has 2 aliphatic rings. The van der Waals surface area contributed by atoms with Gasteiger partial charge in [-0.15, -0.1) is 0 Å². The molecule has 4 rings (SSSR count). The Hall–Kier alpha value is -3.10. The predicted octanol–water partition coefficient (Wildman–Crippen LogP) is 1.61. The Morgan fingerprint density at radius 2 is 1.87 bits per heavy atom. The third-order valence-electron chi connectivity index (χ3n) is 5.59. The topological polar surface area (TPSA) is 80.3 Å². The molecule has 0 radical (unpaired) electrons. The van der Waals surface area contributed by atoms with Crippen molar-refractivity contribution in [1.29, 1.82) is 0 Å². The van der Waals surface area contributed by atoms with E-state index in [2.05, 4.69) is 10.2 Å². The first kappa shape index (κ1) is 21.1. The molecule has 2 aromatic carbocycles. The number of carbonyl (C=O) groups is 2. The van der Waals surface area contributed by atoms with Gasteiger partial charge >= 0.3 is 0 Å². The lowest BCUT2D eigenvalue weighted by molar-refractivity contribution is -0.125. The van der Waals surface area contributed by atoms with Crippen molar-refractivity contribution in [3.05, 3.63) is 54.1 Å². The van der Waals surface area contributed by atoms with E-state index in [1.54, 1.807) is 19.2 Å². The molecule has 1 N–H and O–H groups in total.